The maximum Gasteiger partial charge on any atom is 0.230 e. The molecule has 0 spiro atoms. The summed E-state index contributed by atoms with van der Waals surface area (Å²) in [4.78, 5) is 33.4. The van der Waals surface area contributed by atoms with Gasteiger partial charge in [0.1, 0.15) is 5.01 Å². The third kappa shape index (κ3) is 9.14. The zero-order valence-electron chi connectivity index (χ0n) is 23.0. The summed E-state index contributed by atoms with van der Waals surface area (Å²) in [5.41, 5.74) is 3.50. The molecule has 0 unspecified atom stereocenters. The van der Waals surface area contributed by atoms with Crippen molar-refractivity contribution in [3.05, 3.63) is 89.2 Å². The molecule has 2 amide bonds. The van der Waals surface area contributed by atoms with E-state index in [-0.39, 0.29) is 29.8 Å². The molecule has 0 radical (unpaired) electrons. The molecular formula is C30H28N8O2S3. The fourth-order valence-electron chi connectivity index (χ4n) is 4.21. The standard InChI is InChI=1S/C30H28N8O2S3/c31-25(42-29(32)35-26(39)17-19-5-7-23-21(15-19)3-1-11-33-23)9-13-41-14-10-28-37-38-30(43-28)36-27(40)18-20-6-8-24-22(16-20)4-2-12-34-24/h1-8,11-12,15-16,31H,9-10,13-14,17-18H2,(H2,32,35,39)(H,36,38,40). The molecule has 0 bridgehead atoms. The molecular weight excluding hydrogens is 601 g/mol. The van der Waals surface area contributed by atoms with Crippen molar-refractivity contribution < 1.29 is 9.59 Å². The summed E-state index contributed by atoms with van der Waals surface area (Å²) < 4.78 is 0. The number of pyridine rings is 2. The number of amidine groups is 1. The summed E-state index contributed by atoms with van der Waals surface area (Å²) >= 11 is 3.99. The van der Waals surface area contributed by atoms with Crippen LogP contribution >= 0.6 is 34.9 Å². The fourth-order valence-corrected chi connectivity index (χ4v) is 6.73. The lowest BCUT2D eigenvalue weighted by Gasteiger charge is -2.08. The molecule has 2 aromatic carbocycles. The Morgan fingerprint density at radius 2 is 1.47 bits per heavy atom. The third-order valence-corrected chi connectivity index (χ3v) is 8.83. The van der Waals surface area contributed by atoms with Crippen molar-refractivity contribution in [3.63, 3.8) is 0 Å². The van der Waals surface area contributed by atoms with Crippen LogP contribution in [0.15, 0.2) is 73.1 Å². The Morgan fingerprint density at radius 1 is 0.814 bits per heavy atom. The minimum absolute atomic E-state index is 0.0523. The molecule has 10 nitrogen and oxygen atoms in total. The number of carbonyl (C=O) groups excluding carboxylic acids is 2. The topological polar surface area (TPSA) is 157 Å². The van der Waals surface area contributed by atoms with Gasteiger partial charge in [0, 0.05) is 36.0 Å². The van der Waals surface area contributed by atoms with Crippen molar-refractivity contribution >= 4 is 83.8 Å². The van der Waals surface area contributed by atoms with E-state index in [1.54, 1.807) is 24.2 Å². The average molecular weight is 629 g/mol. The normalized spacial score (nSPS) is 11.0. The Kier molecular flexibility index (Phi) is 10.4. The second-order valence-corrected chi connectivity index (χ2v) is 12.9. The molecule has 13 heteroatoms. The predicted octanol–water partition coefficient (Wildman–Crippen LogP) is 5.49. The molecule has 0 aliphatic carbocycles. The van der Waals surface area contributed by atoms with Gasteiger partial charge >= 0.3 is 0 Å². The van der Waals surface area contributed by atoms with Gasteiger partial charge in [-0.25, -0.2) is 0 Å². The first-order valence-corrected chi connectivity index (χ1v) is 16.2. The maximum atomic E-state index is 12.5. The molecule has 0 saturated heterocycles. The number of rotatable bonds is 11. The predicted molar refractivity (Wildman–Crippen MR) is 176 cm³/mol. The van der Waals surface area contributed by atoms with E-state index in [1.807, 2.05) is 60.7 Å². The Balaban J connectivity index is 0.954. The number of aryl methyl sites for hydroxylation is 1. The van der Waals surface area contributed by atoms with E-state index >= 15 is 0 Å². The minimum Gasteiger partial charge on any atom is -0.305 e. The van der Waals surface area contributed by atoms with Gasteiger partial charge < -0.3 is 10.6 Å². The van der Waals surface area contributed by atoms with E-state index in [0.29, 0.717) is 28.8 Å². The summed E-state index contributed by atoms with van der Waals surface area (Å²) in [6, 6.07) is 19.1. The van der Waals surface area contributed by atoms with Crippen LogP contribution in [0.2, 0.25) is 0 Å². The Hall–Kier alpha value is -4.20. The highest BCUT2D eigenvalue weighted by molar-refractivity contribution is 8.26. The van der Waals surface area contributed by atoms with Gasteiger partial charge in [0.15, 0.2) is 5.17 Å². The molecule has 3 heterocycles. The Morgan fingerprint density at radius 3 is 2.14 bits per heavy atom. The molecule has 0 fully saturated rings. The van der Waals surface area contributed by atoms with Crippen LogP contribution in [0.25, 0.3) is 21.8 Å². The zero-order chi connectivity index (χ0) is 30.0. The van der Waals surface area contributed by atoms with Crippen LogP contribution in [0.3, 0.4) is 0 Å². The highest BCUT2D eigenvalue weighted by Crippen LogP contribution is 2.20. The average Bonchev–Trinajstić information content (AvgIpc) is 3.43. The van der Waals surface area contributed by atoms with Crippen LogP contribution in [0.4, 0.5) is 5.13 Å². The molecule has 218 valence electrons. The number of nitrogens with zero attached hydrogens (tertiary/aromatic N) is 4. The summed E-state index contributed by atoms with van der Waals surface area (Å²) in [7, 11) is 0. The van der Waals surface area contributed by atoms with Gasteiger partial charge in [0.2, 0.25) is 16.9 Å². The second kappa shape index (κ2) is 14.8. The Bertz CT molecular complexity index is 1790. The summed E-state index contributed by atoms with van der Waals surface area (Å²) in [5.74, 6) is 1.06. The molecule has 0 atom stereocenters. The number of carbonyl (C=O) groups is 2. The highest BCUT2D eigenvalue weighted by Gasteiger charge is 2.12. The van der Waals surface area contributed by atoms with Gasteiger partial charge in [-0.15, -0.1) is 10.2 Å². The number of hydrogen-bond donors (Lipinski definition) is 4. The smallest absolute Gasteiger partial charge is 0.230 e. The van der Waals surface area contributed by atoms with E-state index in [4.69, 9.17) is 10.8 Å². The van der Waals surface area contributed by atoms with E-state index < -0.39 is 0 Å². The summed E-state index contributed by atoms with van der Waals surface area (Å²) in [6.45, 7) is 0. The minimum atomic E-state index is -0.290. The van der Waals surface area contributed by atoms with Gasteiger partial charge in [-0.1, -0.05) is 35.6 Å². The van der Waals surface area contributed by atoms with Crippen molar-refractivity contribution in [1.29, 1.82) is 10.8 Å². The first-order chi connectivity index (χ1) is 20.9. The highest BCUT2D eigenvalue weighted by atomic mass is 32.2. The number of thioether (sulfide) groups is 2. The van der Waals surface area contributed by atoms with Gasteiger partial charge in [0.25, 0.3) is 0 Å². The molecule has 5 rings (SSSR count). The number of amides is 2. The van der Waals surface area contributed by atoms with Crippen LogP contribution in [-0.2, 0) is 28.9 Å². The second-order valence-electron chi connectivity index (χ2n) is 9.48. The molecule has 0 aliphatic rings. The lowest BCUT2D eigenvalue weighted by atomic mass is 10.1. The van der Waals surface area contributed by atoms with Crippen molar-refractivity contribution in [3.8, 4) is 0 Å². The lowest BCUT2D eigenvalue weighted by molar-refractivity contribution is -0.119. The van der Waals surface area contributed by atoms with Crippen molar-refractivity contribution in [2.24, 2.45) is 0 Å². The van der Waals surface area contributed by atoms with E-state index in [2.05, 4.69) is 30.8 Å². The van der Waals surface area contributed by atoms with Crippen LogP contribution < -0.4 is 10.6 Å². The lowest BCUT2D eigenvalue weighted by Crippen LogP contribution is -2.29. The van der Waals surface area contributed by atoms with Gasteiger partial charge in [-0.2, -0.15) is 11.8 Å². The van der Waals surface area contributed by atoms with E-state index in [0.717, 1.165) is 55.5 Å². The SMILES string of the molecule is N=C(CCSCCc1nnc(NC(=O)Cc2ccc3ncccc3c2)s1)SC(=N)NC(=O)Cc1ccc2ncccc2c1. The summed E-state index contributed by atoms with van der Waals surface area (Å²) in [6.07, 6.45) is 5.06. The molecule has 5 aromatic rings. The number of aromatic nitrogens is 4. The molecule has 0 aliphatic heterocycles. The number of benzene rings is 2. The molecule has 4 N–H and O–H groups in total. The molecule has 3 aromatic heterocycles. The largest absolute Gasteiger partial charge is 0.305 e. The van der Waals surface area contributed by atoms with Crippen LogP contribution in [-0.4, -0.2) is 53.7 Å². The first kappa shape index (κ1) is 30.3. The van der Waals surface area contributed by atoms with Gasteiger partial charge in [-0.3, -0.25) is 30.4 Å². The van der Waals surface area contributed by atoms with Crippen LogP contribution in [0, 0.1) is 10.8 Å². The number of hydrogen-bond acceptors (Lipinski definition) is 11. The molecule has 43 heavy (non-hydrogen) atoms. The van der Waals surface area contributed by atoms with Crippen LogP contribution in [0.5, 0.6) is 0 Å². The van der Waals surface area contributed by atoms with Gasteiger partial charge in [0.05, 0.1) is 28.9 Å². The van der Waals surface area contributed by atoms with Crippen molar-refractivity contribution in [2.75, 3.05) is 16.8 Å². The van der Waals surface area contributed by atoms with E-state index in [1.165, 1.54) is 11.3 Å². The van der Waals surface area contributed by atoms with E-state index in [9.17, 15) is 9.59 Å². The third-order valence-electron chi connectivity index (χ3n) is 6.19. The monoisotopic (exact) mass is 628 g/mol. The maximum absolute atomic E-state index is 12.5. The Labute approximate surface area is 260 Å². The quantitative estimate of drug-likeness (QED) is 0.0850. The van der Waals surface area contributed by atoms with Crippen molar-refractivity contribution in [2.45, 2.75) is 25.7 Å². The number of anilines is 1. The first-order valence-electron chi connectivity index (χ1n) is 13.4. The number of fused-ring (bicyclic) bond motifs is 2. The van der Waals surface area contributed by atoms with Crippen LogP contribution in [0.1, 0.15) is 22.6 Å². The fraction of sp³-hybridized carbons (Fsp3) is 0.200. The van der Waals surface area contributed by atoms with Crippen molar-refractivity contribution in [1.82, 2.24) is 25.5 Å². The zero-order valence-corrected chi connectivity index (χ0v) is 25.5. The summed E-state index contributed by atoms with van der Waals surface area (Å²) in [5, 5.41) is 33.4. The molecule has 0 saturated carbocycles. The van der Waals surface area contributed by atoms with Gasteiger partial charge in [-0.05, 0) is 70.8 Å². The number of nitrogens with one attached hydrogen (secondary N) is 4.